The van der Waals surface area contributed by atoms with E-state index in [0.717, 1.165) is 11.1 Å². The lowest BCUT2D eigenvalue weighted by molar-refractivity contribution is -0.141. The molecule has 33 heavy (non-hydrogen) atoms. The second-order valence-corrected chi connectivity index (χ2v) is 7.68. The van der Waals surface area contributed by atoms with E-state index in [1.165, 1.54) is 13.2 Å². The van der Waals surface area contributed by atoms with Gasteiger partial charge in [-0.3, -0.25) is 4.79 Å². The fourth-order valence-electron chi connectivity index (χ4n) is 3.09. The van der Waals surface area contributed by atoms with Gasteiger partial charge in [0.15, 0.2) is 11.5 Å². The Kier molecular flexibility index (Phi) is 8.49. The van der Waals surface area contributed by atoms with Crippen LogP contribution in [0.15, 0.2) is 78.9 Å². The summed E-state index contributed by atoms with van der Waals surface area (Å²) in [4.78, 5) is 23.8. The maximum atomic E-state index is 12.3. The highest BCUT2D eigenvalue weighted by Crippen LogP contribution is 2.29. The van der Waals surface area contributed by atoms with Crippen molar-refractivity contribution in [2.75, 3.05) is 7.11 Å². The molecule has 0 aliphatic carbocycles. The van der Waals surface area contributed by atoms with E-state index in [1.807, 2.05) is 42.5 Å². The number of hydrogen-bond donors (Lipinski definition) is 2. The number of benzene rings is 3. The number of carbonyl (C=O) groups is 2. The maximum Gasteiger partial charge on any atom is 0.326 e. The number of ether oxygens (including phenoxy) is 2. The number of hydrogen-bond acceptors (Lipinski definition) is 4. The highest BCUT2D eigenvalue weighted by Gasteiger charge is 2.19. The Morgan fingerprint density at radius 3 is 2.39 bits per heavy atom. The number of aliphatic carboxylic acids is 1. The smallest absolute Gasteiger partial charge is 0.326 e. The molecule has 0 radical (unpaired) electrons. The summed E-state index contributed by atoms with van der Waals surface area (Å²) >= 11 is 5.90. The second-order valence-electron chi connectivity index (χ2n) is 7.25. The van der Waals surface area contributed by atoms with E-state index in [4.69, 9.17) is 21.1 Å². The van der Waals surface area contributed by atoms with Crippen LogP contribution >= 0.6 is 11.6 Å². The van der Waals surface area contributed by atoms with Crippen molar-refractivity contribution in [2.24, 2.45) is 0 Å². The molecule has 0 spiro atoms. The van der Waals surface area contributed by atoms with Crippen molar-refractivity contribution in [3.05, 3.63) is 101 Å². The van der Waals surface area contributed by atoms with Crippen LogP contribution in [0, 0.1) is 0 Å². The van der Waals surface area contributed by atoms with Crippen molar-refractivity contribution in [3.63, 3.8) is 0 Å². The van der Waals surface area contributed by atoms with E-state index >= 15 is 0 Å². The van der Waals surface area contributed by atoms with Gasteiger partial charge in [0.25, 0.3) is 0 Å². The summed E-state index contributed by atoms with van der Waals surface area (Å²) in [5.41, 5.74) is 2.49. The quantitative estimate of drug-likeness (QED) is 0.422. The number of carboxylic acid groups (broad SMARTS) is 1. The predicted molar refractivity (Wildman–Crippen MR) is 128 cm³/mol. The molecule has 170 valence electrons. The molecule has 0 saturated carbocycles. The summed E-state index contributed by atoms with van der Waals surface area (Å²) in [6, 6.07) is 20.7. The van der Waals surface area contributed by atoms with Crippen molar-refractivity contribution < 1.29 is 24.2 Å². The largest absolute Gasteiger partial charge is 0.493 e. The standard InChI is InChI=1S/C26H24ClNO5/c1-32-24-16-19(9-13-23(24)33-17-20-7-11-21(27)12-8-20)10-14-25(29)28-22(26(30)31)15-18-5-3-2-4-6-18/h2-14,16,22H,15,17H2,1H3,(H,28,29)(H,30,31)/b14-10+/t22-/m1/s1. The van der Waals surface area contributed by atoms with E-state index < -0.39 is 17.9 Å². The molecule has 0 bridgehead atoms. The minimum atomic E-state index is -1.09. The van der Waals surface area contributed by atoms with Crippen LogP contribution < -0.4 is 14.8 Å². The molecule has 0 saturated heterocycles. The van der Waals surface area contributed by atoms with Gasteiger partial charge in [0.2, 0.25) is 5.91 Å². The topological polar surface area (TPSA) is 84.9 Å². The summed E-state index contributed by atoms with van der Waals surface area (Å²) in [5.74, 6) is -0.522. The normalized spacial score (nSPS) is 11.7. The van der Waals surface area contributed by atoms with Crippen LogP contribution in [0.1, 0.15) is 16.7 Å². The monoisotopic (exact) mass is 465 g/mol. The Balaban J connectivity index is 1.61. The van der Waals surface area contributed by atoms with Crippen LogP contribution in [0.4, 0.5) is 0 Å². The van der Waals surface area contributed by atoms with Gasteiger partial charge in [-0.2, -0.15) is 0 Å². The molecule has 1 amide bonds. The first-order valence-corrected chi connectivity index (χ1v) is 10.6. The summed E-state index contributed by atoms with van der Waals surface area (Å²) in [7, 11) is 1.53. The molecule has 0 aliphatic heterocycles. The van der Waals surface area contributed by atoms with Gasteiger partial charge in [-0.1, -0.05) is 60.1 Å². The van der Waals surface area contributed by atoms with Gasteiger partial charge < -0.3 is 19.9 Å². The van der Waals surface area contributed by atoms with Gasteiger partial charge in [0, 0.05) is 17.5 Å². The molecule has 7 heteroatoms. The van der Waals surface area contributed by atoms with Crippen molar-refractivity contribution in [2.45, 2.75) is 19.1 Å². The highest BCUT2D eigenvalue weighted by atomic mass is 35.5. The molecule has 0 unspecified atom stereocenters. The van der Waals surface area contributed by atoms with E-state index in [-0.39, 0.29) is 6.42 Å². The van der Waals surface area contributed by atoms with Gasteiger partial charge in [-0.25, -0.2) is 4.79 Å². The lowest BCUT2D eigenvalue weighted by atomic mass is 10.1. The minimum absolute atomic E-state index is 0.198. The number of methoxy groups -OCH3 is 1. The van der Waals surface area contributed by atoms with Crippen LogP contribution in [-0.2, 0) is 22.6 Å². The molecule has 0 fully saturated rings. The first-order valence-electron chi connectivity index (χ1n) is 10.2. The summed E-state index contributed by atoms with van der Waals surface area (Å²) in [6.45, 7) is 0.350. The molecule has 0 heterocycles. The fourth-order valence-corrected chi connectivity index (χ4v) is 3.22. The molecule has 3 aromatic rings. The number of amides is 1. The third-order valence-corrected chi connectivity index (χ3v) is 5.07. The van der Waals surface area contributed by atoms with Crippen LogP contribution in [-0.4, -0.2) is 30.1 Å². The van der Waals surface area contributed by atoms with Gasteiger partial charge in [-0.05, 0) is 47.0 Å². The van der Waals surface area contributed by atoms with Crippen molar-refractivity contribution in [1.29, 1.82) is 0 Å². The summed E-state index contributed by atoms with van der Waals surface area (Å²) < 4.78 is 11.2. The molecule has 3 aromatic carbocycles. The number of halogens is 1. The second kappa shape index (κ2) is 11.7. The molecule has 2 N–H and O–H groups in total. The highest BCUT2D eigenvalue weighted by molar-refractivity contribution is 6.30. The summed E-state index contributed by atoms with van der Waals surface area (Å²) in [6.07, 6.45) is 3.08. The minimum Gasteiger partial charge on any atom is -0.493 e. The van der Waals surface area contributed by atoms with E-state index in [9.17, 15) is 14.7 Å². The van der Waals surface area contributed by atoms with E-state index in [2.05, 4.69) is 5.32 Å². The molecule has 1 atom stereocenters. The fraction of sp³-hybridized carbons (Fsp3) is 0.154. The zero-order valence-corrected chi connectivity index (χ0v) is 18.8. The molecular formula is C26H24ClNO5. The van der Waals surface area contributed by atoms with Gasteiger partial charge in [0.05, 0.1) is 7.11 Å². The Bertz CT molecular complexity index is 1110. The van der Waals surface area contributed by atoms with Crippen LogP contribution in [0.3, 0.4) is 0 Å². The van der Waals surface area contributed by atoms with Crippen molar-refractivity contribution in [1.82, 2.24) is 5.32 Å². The van der Waals surface area contributed by atoms with Crippen LogP contribution in [0.25, 0.3) is 6.08 Å². The third kappa shape index (κ3) is 7.40. The average Bonchev–Trinajstić information content (AvgIpc) is 2.82. The molecular weight excluding hydrogens is 442 g/mol. The molecule has 0 aromatic heterocycles. The lowest BCUT2D eigenvalue weighted by Gasteiger charge is -2.13. The Labute approximate surface area is 197 Å². The van der Waals surface area contributed by atoms with E-state index in [0.29, 0.717) is 28.7 Å². The zero-order chi connectivity index (χ0) is 23.6. The third-order valence-electron chi connectivity index (χ3n) is 4.82. The summed E-state index contributed by atoms with van der Waals surface area (Å²) in [5, 5.41) is 12.6. The van der Waals surface area contributed by atoms with E-state index in [1.54, 1.807) is 36.4 Å². The number of carboxylic acids is 1. The first kappa shape index (κ1) is 23.9. The maximum absolute atomic E-state index is 12.3. The average molecular weight is 466 g/mol. The molecule has 6 nitrogen and oxygen atoms in total. The van der Waals surface area contributed by atoms with Crippen molar-refractivity contribution >= 4 is 29.6 Å². The zero-order valence-electron chi connectivity index (χ0n) is 18.0. The van der Waals surface area contributed by atoms with Crippen LogP contribution in [0.5, 0.6) is 11.5 Å². The van der Waals surface area contributed by atoms with Crippen molar-refractivity contribution in [3.8, 4) is 11.5 Å². The molecule has 3 rings (SSSR count). The Hall–Kier alpha value is -3.77. The Morgan fingerprint density at radius 2 is 1.73 bits per heavy atom. The predicted octanol–water partition coefficient (Wildman–Crippen LogP) is 4.75. The SMILES string of the molecule is COc1cc(/C=C/C(=O)N[C@H](Cc2ccccc2)C(=O)O)ccc1OCc1ccc(Cl)cc1. The lowest BCUT2D eigenvalue weighted by Crippen LogP contribution is -2.41. The van der Waals surface area contributed by atoms with Gasteiger partial charge >= 0.3 is 5.97 Å². The number of rotatable bonds is 10. The Morgan fingerprint density at radius 1 is 1.00 bits per heavy atom. The molecule has 0 aliphatic rings. The van der Waals surface area contributed by atoms with Crippen LogP contribution in [0.2, 0.25) is 5.02 Å². The number of nitrogens with one attached hydrogen (secondary N) is 1. The number of carbonyl (C=O) groups excluding carboxylic acids is 1. The van der Waals surface area contributed by atoms with Gasteiger partial charge in [0.1, 0.15) is 12.6 Å². The first-order chi connectivity index (χ1) is 15.9. The van der Waals surface area contributed by atoms with Gasteiger partial charge in [-0.15, -0.1) is 0 Å².